The molecule has 1 aromatic rings. The zero-order valence-corrected chi connectivity index (χ0v) is 7.16. The van der Waals surface area contributed by atoms with E-state index in [0.717, 1.165) is 5.69 Å². The van der Waals surface area contributed by atoms with E-state index in [1.54, 1.807) is 0 Å². The topological polar surface area (TPSA) is 91.1 Å². The molecule has 0 radical (unpaired) electrons. The number of aromatic nitrogens is 1. The molecule has 5 heteroatoms. The van der Waals surface area contributed by atoms with Crippen molar-refractivity contribution < 1.29 is 9.90 Å². The number of amides is 1. The van der Waals surface area contributed by atoms with E-state index in [9.17, 15) is 4.79 Å². The Hall–Kier alpha value is -1.33. The molecule has 5 nitrogen and oxygen atoms in total. The summed E-state index contributed by atoms with van der Waals surface area (Å²) in [7, 11) is 0. The van der Waals surface area contributed by atoms with Gasteiger partial charge in [0.2, 0.25) is 5.91 Å². The number of aliphatic hydroxyl groups is 1. The van der Waals surface area contributed by atoms with Crippen LogP contribution in [0.1, 0.15) is 5.69 Å². The van der Waals surface area contributed by atoms with E-state index in [1.807, 2.05) is 18.3 Å². The van der Waals surface area contributed by atoms with Crippen molar-refractivity contribution in [1.29, 1.82) is 0 Å². The van der Waals surface area contributed by atoms with Crippen LogP contribution >= 0.6 is 0 Å². The Morgan fingerprint density at radius 3 is 3.08 bits per heavy atom. The number of primary amides is 1. The van der Waals surface area contributed by atoms with E-state index in [1.165, 1.54) is 0 Å². The third kappa shape index (κ3) is 3.27. The maximum absolute atomic E-state index is 10.4. The number of aliphatic hydroxyl groups excluding tert-OH is 1. The zero-order valence-electron chi connectivity index (χ0n) is 7.16. The summed E-state index contributed by atoms with van der Waals surface area (Å²) in [5.41, 5.74) is 5.86. The summed E-state index contributed by atoms with van der Waals surface area (Å²) >= 11 is 0. The summed E-state index contributed by atoms with van der Waals surface area (Å²) in [6.45, 7) is 0.756. The number of rotatable bonds is 5. The van der Waals surface area contributed by atoms with Crippen LogP contribution in [-0.2, 0) is 11.3 Å². The molecule has 1 aromatic heterocycles. The summed E-state index contributed by atoms with van der Waals surface area (Å²) in [6, 6.07) is 3.78. The van der Waals surface area contributed by atoms with Crippen molar-refractivity contribution in [3.8, 4) is 0 Å². The van der Waals surface area contributed by atoms with Gasteiger partial charge in [-0.25, -0.2) is 0 Å². The summed E-state index contributed by atoms with van der Waals surface area (Å²) < 4.78 is 0. The van der Waals surface area contributed by atoms with Gasteiger partial charge < -0.3 is 21.1 Å². The lowest BCUT2D eigenvalue weighted by atomic mass is 10.3. The Balaban J connectivity index is 2.18. The van der Waals surface area contributed by atoms with Gasteiger partial charge in [0.1, 0.15) is 6.10 Å². The Bertz CT molecular complexity index is 258. The molecule has 0 spiro atoms. The first-order valence-corrected chi connectivity index (χ1v) is 4.00. The second-order valence-electron chi connectivity index (χ2n) is 2.74. The zero-order chi connectivity index (χ0) is 9.68. The van der Waals surface area contributed by atoms with Crippen LogP contribution in [0.4, 0.5) is 0 Å². The van der Waals surface area contributed by atoms with Gasteiger partial charge in [0.25, 0.3) is 0 Å². The highest BCUT2D eigenvalue weighted by molar-refractivity contribution is 5.78. The second-order valence-corrected chi connectivity index (χ2v) is 2.74. The lowest BCUT2D eigenvalue weighted by molar-refractivity contribution is -0.125. The Morgan fingerprint density at radius 2 is 2.54 bits per heavy atom. The van der Waals surface area contributed by atoms with Gasteiger partial charge in [-0.2, -0.15) is 0 Å². The van der Waals surface area contributed by atoms with E-state index < -0.39 is 12.0 Å². The summed E-state index contributed by atoms with van der Waals surface area (Å²) in [6.07, 6.45) is 0.691. The van der Waals surface area contributed by atoms with Gasteiger partial charge in [-0.1, -0.05) is 0 Å². The van der Waals surface area contributed by atoms with Crippen molar-refractivity contribution in [2.75, 3.05) is 6.54 Å². The van der Waals surface area contributed by atoms with Gasteiger partial charge in [0.05, 0.1) is 0 Å². The first kappa shape index (κ1) is 9.76. The lowest BCUT2D eigenvalue weighted by Gasteiger charge is -2.06. The molecule has 1 atom stereocenters. The maximum Gasteiger partial charge on any atom is 0.247 e. The molecule has 1 unspecified atom stereocenters. The third-order valence-electron chi connectivity index (χ3n) is 1.64. The van der Waals surface area contributed by atoms with Crippen molar-refractivity contribution in [1.82, 2.24) is 10.3 Å². The molecule has 0 saturated carbocycles. The van der Waals surface area contributed by atoms with Crippen LogP contribution < -0.4 is 11.1 Å². The Morgan fingerprint density at radius 1 is 1.77 bits per heavy atom. The molecule has 1 amide bonds. The SMILES string of the molecule is NC(=O)C(O)CNCc1ccc[nH]1. The van der Waals surface area contributed by atoms with Crippen molar-refractivity contribution in [3.63, 3.8) is 0 Å². The normalized spacial score (nSPS) is 12.7. The molecular weight excluding hydrogens is 170 g/mol. The first-order valence-electron chi connectivity index (χ1n) is 4.00. The monoisotopic (exact) mass is 183 g/mol. The number of carbonyl (C=O) groups excluding carboxylic acids is 1. The van der Waals surface area contributed by atoms with Crippen molar-refractivity contribution in [3.05, 3.63) is 24.0 Å². The molecule has 0 saturated heterocycles. The summed E-state index contributed by atoms with van der Waals surface area (Å²) in [4.78, 5) is 13.4. The quantitative estimate of drug-likeness (QED) is 0.469. The average molecular weight is 183 g/mol. The number of nitrogens with one attached hydrogen (secondary N) is 2. The molecule has 72 valence electrons. The van der Waals surface area contributed by atoms with Gasteiger partial charge in [-0.15, -0.1) is 0 Å². The van der Waals surface area contributed by atoms with E-state index in [4.69, 9.17) is 10.8 Å². The summed E-state index contributed by atoms with van der Waals surface area (Å²) in [5, 5.41) is 11.9. The van der Waals surface area contributed by atoms with Crippen LogP contribution in [0, 0.1) is 0 Å². The maximum atomic E-state index is 10.4. The molecule has 13 heavy (non-hydrogen) atoms. The standard InChI is InChI=1S/C8H13N3O2/c9-8(13)7(12)5-10-4-6-2-1-3-11-6/h1-3,7,10-12H,4-5H2,(H2,9,13). The molecule has 0 aliphatic carbocycles. The van der Waals surface area contributed by atoms with Crippen molar-refractivity contribution in [2.24, 2.45) is 5.73 Å². The summed E-state index contributed by atoms with van der Waals surface area (Å²) in [5.74, 6) is -0.709. The van der Waals surface area contributed by atoms with Gasteiger partial charge >= 0.3 is 0 Å². The fourth-order valence-electron chi connectivity index (χ4n) is 0.922. The predicted octanol–water partition coefficient (Wildman–Crippen LogP) is -1.05. The minimum absolute atomic E-state index is 0.175. The van der Waals surface area contributed by atoms with Crippen molar-refractivity contribution >= 4 is 5.91 Å². The fourth-order valence-corrected chi connectivity index (χ4v) is 0.922. The Kier molecular flexibility index (Phi) is 3.48. The number of aromatic amines is 1. The smallest absolute Gasteiger partial charge is 0.247 e. The first-order chi connectivity index (χ1) is 6.20. The highest BCUT2D eigenvalue weighted by atomic mass is 16.3. The van der Waals surface area contributed by atoms with Crippen LogP contribution in [0.15, 0.2) is 18.3 Å². The molecule has 5 N–H and O–H groups in total. The highest BCUT2D eigenvalue weighted by Gasteiger charge is 2.08. The van der Waals surface area contributed by atoms with E-state index in [2.05, 4.69) is 10.3 Å². The lowest BCUT2D eigenvalue weighted by Crippen LogP contribution is -2.37. The van der Waals surface area contributed by atoms with E-state index in [0.29, 0.717) is 6.54 Å². The molecular formula is C8H13N3O2. The average Bonchev–Trinajstić information content (AvgIpc) is 2.56. The molecule has 0 bridgehead atoms. The highest BCUT2D eigenvalue weighted by Crippen LogP contribution is 1.92. The minimum atomic E-state index is -1.12. The minimum Gasteiger partial charge on any atom is -0.382 e. The predicted molar refractivity (Wildman–Crippen MR) is 47.7 cm³/mol. The van der Waals surface area contributed by atoms with Gasteiger partial charge in [0, 0.05) is 25.0 Å². The van der Waals surface area contributed by atoms with Gasteiger partial charge in [0.15, 0.2) is 0 Å². The van der Waals surface area contributed by atoms with E-state index in [-0.39, 0.29) is 6.54 Å². The second kappa shape index (κ2) is 4.64. The van der Waals surface area contributed by atoms with Crippen LogP contribution in [0.5, 0.6) is 0 Å². The van der Waals surface area contributed by atoms with Crippen LogP contribution in [0.2, 0.25) is 0 Å². The van der Waals surface area contributed by atoms with Gasteiger partial charge in [-0.05, 0) is 12.1 Å². The molecule has 0 aliphatic rings. The number of hydrogen-bond donors (Lipinski definition) is 4. The van der Waals surface area contributed by atoms with Crippen LogP contribution in [0.3, 0.4) is 0 Å². The van der Waals surface area contributed by atoms with Crippen LogP contribution in [-0.4, -0.2) is 28.6 Å². The number of hydrogen-bond acceptors (Lipinski definition) is 3. The molecule has 1 rings (SSSR count). The fraction of sp³-hybridized carbons (Fsp3) is 0.375. The number of carbonyl (C=O) groups is 1. The molecule has 0 aromatic carbocycles. The molecule has 1 heterocycles. The Labute approximate surface area is 75.9 Å². The van der Waals surface area contributed by atoms with Crippen molar-refractivity contribution in [2.45, 2.75) is 12.6 Å². The largest absolute Gasteiger partial charge is 0.382 e. The number of nitrogens with two attached hydrogens (primary N) is 1. The van der Waals surface area contributed by atoms with Crippen LogP contribution in [0.25, 0.3) is 0 Å². The van der Waals surface area contributed by atoms with Gasteiger partial charge in [-0.3, -0.25) is 4.79 Å². The molecule has 0 aliphatic heterocycles. The molecule has 0 fully saturated rings. The third-order valence-corrected chi connectivity index (χ3v) is 1.64. The number of H-pyrrole nitrogens is 1. The van der Waals surface area contributed by atoms with E-state index >= 15 is 0 Å².